The van der Waals surface area contributed by atoms with Crippen molar-refractivity contribution < 1.29 is 13.9 Å². The molecule has 1 aliphatic heterocycles. The van der Waals surface area contributed by atoms with Crippen molar-refractivity contribution in [1.82, 2.24) is 0 Å². The van der Waals surface area contributed by atoms with Crippen LogP contribution in [0.3, 0.4) is 0 Å². The Morgan fingerprint density at radius 1 is 1.21 bits per heavy atom. The number of methoxy groups -OCH3 is 1. The number of para-hydroxylation sites is 1. The van der Waals surface area contributed by atoms with Gasteiger partial charge in [0, 0.05) is 23.1 Å². The predicted octanol–water partition coefficient (Wildman–Crippen LogP) is 3.82. The Bertz CT molecular complexity index is 622. The van der Waals surface area contributed by atoms with Gasteiger partial charge in [0.1, 0.15) is 23.4 Å². The highest BCUT2D eigenvalue weighted by Crippen LogP contribution is 2.42. The first-order valence-corrected chi connectivity index (χ1v) is 6.31. The summed E-state index contributed by atoms with van der Waals surface area (Å²) in [6, 6.07) is 10.6. The maximum Gasteiger partial charge on any atom is 0.131 e. The molecule has 1 atom stereocenters. The third-order valence-electron chi connectivity index (χ3n) is 3.35. The third kappa shape index (κ3) is 2.05. The molecular weight excluding hydrogens is 243 g/mol. The Labute approximate surface area is 111 Å². The van der Waals surface area contributed by atoms with Crippen molar-refractivity contribution in [3.05, 3.63) is 47.8 Å². The highest BCUT2D eigenvalue weighted by Gasteiger charge is 2.25. The van der Waals surface area contributed by atoms with E-state index in [4.69, 9.17) is 9.47 Å². The lowest BCUT2D eigenvalue weighted by Crippen LogP contribution is -2.05. The summed E-state index contributed by atoms with van der Waals surface area (Å²) in [5, 5.41) is 0. The molecular formula is C16H15FO2. The predicted molar refractivity (Wildman–Crippen MR) is 72.2 cm³/mol. The van der Waals surface area contributed by atoms with Crippen LogP contribution in [0.2, 0.25) is 0 Å². The van der Waals surface area contributed by atoms with E-state index in [1.54, 1.807) is 13.2 Å². The number of halogens is 1. The van der Waals surface area contributed by atoms with E-state index in [-0.39, 0.29) is 11.9 Å². The van der Waals surface area contributed by atoms with Crippen LogP contribution in [0, 0.1) is 5.82 Å². The van der Waals surface area contributed by atoms with E-state index in [9.17, 15) is 4.39 Å². The van der Waals surface area contributed by atoms with Crippen LogP contribution in [-0.2, 0) is 6.42 Å². The number of fused-ring (bicyclic) bond motifs is 1. The van der Waals surface area contributed by atoms with E-state index in [1.165, 1.54) is 6.07 Å². The van der Waals surface area contributed by atoms with Gasteiger partial charge in [0.25, 0.3) is 0 Å². The fourth-order valence-corrected chi connectivity index (χ4v) is 2.56. The Morgan fingerprint density at radius 2 is 2.00 bits per heavy atom. The summed E-state index contributed by atoms with van der Waals surface area (Å²) in [6.45, 7) is 1.99. The van der Waals surface area contributed by atoms with E-state index < -0.39 is 0 Å². The van der Waals surface area contributed by atoms with Crippen LogP contribution in [0.4, 0.5) is 4.39 Å². The molecule has 0 aliphatic carbocycles. The van der Waals surface area contributed by atoms with Crippen molar-refractivity contribution in [3.8, 4) is 22.6 Å². The van der Waals surface area contributed by atoms with Crippen molar-refractivity contribution in [2.24, 2.45) is 0 Å². The average molecular weight is 258 g/mol. The molecule has 0 saturated carbocycles. The zero-order chi connectivity index (χ0) is 13.4. The summed E-state index contributed by atoms with van der Waals surface area (Å²) in [6.07, 6.45) is 0.833. The molecule has 0 fully saturated rings. The fourth-order valence-electron chi connectivity index (χ4n) is 2.56. The molecule has 3 rings (SSSR count). The monoisotopic (exact) mass is 258 g/mol. The normalized spacial score (nSPS) is 16.9. The fraction of sp³-hybridized carbons (Fsp3) is 0.250. The van der Waals surface area contributed by atoms with Crippen molar-refractivity contribution in [2.75, 3.05) is 7.11 Å². The van der Waals surface area contributed by atoms with E-state index in [0.29, 0.717) is 0 Å². The van der Waals surface area contributed by atoms with Crippen LogP contribution >= 0.6 is 0 Å². The standard InChI is InChI=1S/C16H15FO2/c1-10-7-11-8-12(17)9-14(16(11)19-10)13-5-3-4-6-15(13)18-2/h3-6,8-10H,7H2,1-2H3. The highest BCUT2D eigenvalue weighted by atomic mass is 19.1. The van der Waals surface area contributed by atoms with Gasteiger partial charge in [-0.2, -0.15) is 0 Å². The lowest BCUT2D eigenvalue weighted by molar-refractivity contribution is 0.255. The Hall–Kier alpha value is -2.03. The summed E-state index contributed by atoms with van der Waals surface area (Å²) in [4.78, 5) is 0. The smallest absolute Gasteiger partial charge is 0.131 e. The average Bonchev–Trinajstić information content (AvgIpc) is 2.77. The molecule has 0 radical (unpaired) electrons. The summed E-state index contributed by atoms with van der Waals surface area (Å²) < 4.78 is 24.9. The molecule has 0 aromatic heterocycles. The van der Waals surface area contributed by atoms with Gasteiger partial charge >= 0.3 is 0 Å². The second-order valence-corrected chi connectivity index (χ2v) is 4.77. The van der Waals surface area contributed by atoms with Crippen LogP contribution in [0.15, 0.2) is 36.4 Å². The second kappa shape index (κ2) is 4.57. The van der Waals surface area contributed by atoms with Crippen LogP contribution in [0.5, 0.6) is 11.5 Å². The van der Waals surface area contributed by atoms with Gasteiger partial charge in [0.05, 0.1) is 7.11 Å². The lowest BCUT2D eigenvalue weighted by Gasteiger charge is -2.13. The molecule has 19 heavy (non-hydrogen) atoms. The minimum atomic E-state index is -0.239. The van der Waals surface area contributed by atoms with E-state index >= 15 is 0 Å². The molecule has 1 heterocycles. The molecule has 1 aliphatic rings. The molecule has 2 aromatic carbocycles. The molecule has 0 N–H and O–H groups in total. The van der Waals surface area contributed by atoms with Crippen LogP contribution in [0.1, 0.15) is 12.5 Å². The SMILES string of the molecule is COc1ccccc1-c1cc(F)cc2c1OC(C)C2. The van der Waals surface area contributed by atoms with Crippen LogP contribution < -0.4 is 9.47 Å². The molecule has 0 bridgehead atoms. The van der Waals surface area contributed by atoms with Gasteiger partial charge < -0.3 is 9.47 Å². The zero-order valence-corrected chi connectivity index (χ0v) is 10.9. The Morgan fingerprint density at radius 3 is 2.79 bits per heavy atom. The van der Waals surface area contributed by atoms with Crippen LogP contribution in [-0.4, -0.2) is 13.2 Å². The minimum absolute atomic E-state index is 0.0882. The molecule has 3 heteroatoms. The molecule has 2 aromatic rings. The molecule has 0 spiro atoms. The quantitative estimate of drug-likeness (QED) is 0.815. The van der Waals surface area contributed by atoms with Gasteiger partial charge in [0.2, 0.25) is 0 Å². The topological polar surface area (TPSA) is 18.5 Å². The zero-order valence-electron chi connectivity index (χ0n) is 10.9. The van der Waals surface area contributed by atoms with E-state index in [1.807, 2.05) is 31.2 Å². The van der Waals surface area contributed by atoms with Gasteiger partial charge in [-0.25, -0.2) is 4.39 Å². The third-order valence-corrected chi connectivity index (χ3v) is 3.35. The van der Waals surface area contributed by atoms with Gasteiger partial charge in [0.15, 0.2) is 0 Å². The molecule has 1 unspecified atom stereocenters. The van der Waals surface area contributed by atoms with E-state index in [2.05, 4.69) is 0 Å². The maximum atomic E-state index is 13.8. The van der Waals surface area contributed by atoms with Gasteiger partial charge in [-0.3, -0.25) is 0 Å². The lowest BCUT2D eigenvalue weighted by atomic mass is 9.99. The van der Waals surface area contributed by atoms with Crippen molar-refractivity contribution >= 4 is 0 Å². The maximum absolute atomic E-state index is 13.8. The molecule has 98 valence electrons. The first-order valence-electron chi connectivity index (χ1n) is 6.31. The Kier molecular flexibility index (Phi) is 2.90. The van der Waals surface area contributed by atoms with Gasteiger partial charge in [-0.15, -0.1) is 0 Å². The molecule has 2 nitrogen and oxygen atoms in total. The van der Waals surface area contributed by atoms with E-state index in [0.717, 1.165) is 34.6 Å². The van der Waals surface area contributed by atoms with Gasteiger partial charge in [-0.05, 0) is 25.1 Å². The van der Waals surface area contributed by atoms with Crippen molar-refractivity contribution in [2.45, 2.75) is 19.4 Å². The number of benzene rings is 2. The second-order valence-electron chi connectivity index (χ2n) is 4.77. The van der Waals surface area contributed by atoms with Gasteiger partial charge in [-0.1, -0.05) is 18.2 Å². The number of hydrogen-bond acceptors (Lipinski definition) is 2. The molecule has 0 amide bonds. The number of ether oxygens (including phenoxy) is 2. The van der Waals surface area contributed by atoms with Crippen molar-refractivity contribution in [3.63, 3.8) is 0 Å². The first kappa shape index (κ1) is 12.0. The summed E-state index contributed by atoms with van der Waals surface area (Å²) in [5.74, 6) is 1.26. The minimum Gasteiger partial charge on any atom is -0.496 e. The number of hydrogen-bond donors (Lipinski definition) is 0. The van der Waals surface area contributed by atoms with Crippen LogP contribution in [0.25, 0.3) is 11.1 Å². The summed E-state index contributed by atoms with van der Waals surface area (Å²) >= 11 is 0. The highest BCUT2D eigenvalue weighted by molar-refractivity contribution is 5.77. The Balaban J connectivity index is 2.21. The number of rotatable bonds is 2. The van der Waals surface area contributed by atoms with Crippen molar-refractivity contribution in [1.29, 1.82) is 0 Å². The summed E-state index contributed by atoms with van der Waals surface area (Å²) in [5.41, 5.74) is 2.54. The summed E-state index contributed by atoms with van der Waals surface area (Å²) in [7, 11) is 1.61. The largest absolute Gasteiger partial charge is 0.496 e. The first-order chi connectivity index (χ1) is 9.19. The molecule has 0 saturated heterocycles.